The molecule has 10 aromatic carbocycles. The molecule has 53 heavy (non-hydrogen) atoms. The molecule has 0 amide bonds. The summed E-state index contributed by atoms with van der Waals surface area (Å²) < 4.78 is 0. The minimum atomic E-state index is 0.637. The Morgan fingerprint density at radius 1 is 0.321 bits per heavy atom. The summed E-state index contributed by atoms with van der Waals surface area (Å²) >= 11 is 0. The Hall–Kier alpha value is -7.21. The highest BCUT2D eigenvalue weighted by Gasteiger charge is 2.22. The average Bonchev–Trinajstić information content (AvgIpc) is 3.23. The first-order valence-electron chi connectivity index (χ1n) is 18.0. The van der Waals surface area contributed by atoms with E-state index >= 15 is 0 Å². The molecule has 0 aliphatic carbocycles. The third-order valence-electron chi connectivity index (χ3n) is 10.7. The van der Waals surface area contributed by atoms with Crippen molar-refractivity contribution in [1.29, 1.82) is 5.26 Å². The van der Waals surface area contributed by atoms with Gasteiger partial charge in [-0.25, -0.2) is 0 Å². The van der Waals surface area contributed by atoms with Gasteiger partial charge in [0.2, 0.25) is 0 Å². The van der Waals surface area contributed by atoms with Gasteiger partial charge in [-0.2, -0.15) is 5.26 Å². The molecule has 246 valence electrons. The molecule has 0 atom stereocenters. The fourth-order valence-corrected chi connectivity index (χ4v) is 8.34. The molecule has 0 spiro atoms. The van der Waals surface area contributed by atoms with E-state index in [4.69, 9.17) is 0 Å². The highest BCUT2D eigenvalue weighted by molar-refractivity contribution is 6.26. The van der Waals surface area contributed by atoms with Gasteiger partial charge in [0, 0.05) is 16.5 Å². The molecule has 0 N–H and O–H groups in total. The van der Waals surface area contributed by atoms with Crippen LogP contribution in [0.1, 0.15) is 5.56 Å². The van der Waals surface area contributed by atoms with Crippen LogP contribution in [0.4, 0.5) is 17.1 Å². The number of hydrogen-bond acceptors (Lipinski definition) is 2. The van der Waals surface area contributed by atoms with Crippen molar-refractivity contribution in [2.45, 2.75) is 0 Å². The first-order chi connectivity index (χ1) is 26.3. The molecular formula is C51H32N2. The van der Waals surface area contributed by atoms with Crippen LogP contribution in [0.2, 0.25) is 0 Å². The van der Waals surface area contributed by atoms with Crippen LogP contribution in [-0.4, -0.2) is 0 Å². The molecule has 2 heteroatoms. The zero-order chi connectivity index (χ0) is 35.3. The second kappa shape index (κ2) is 12.5. The Bertz CT molecular complexity index is 3010. The first kappa shape index (κ1) is 30.6. The molecular weight excluding hydrogens is 641 g/mol. The molecule has 2 nitrogen and oxygen atoms in total. The van der Waals surface area contributed by atoms with Crippen molar-refractivity contribution in [3.05, 3.63) is 200 Å². The van der Waals surface area contributed by atoms with Gasteiger partial charge in [0.15, 0.2) is 0 Å². The fourth-order valence-electron chi connectivity index (χ4n) is 8.34. The Balaban J connectivity index is 1.27. The van der Waals surface area contributed by atoms with E-state index in [9.17, 15) is 5.26 Å². The number of benzene rings is 10. The van der Waals surface area contributed by atoms with Crippen molar-refractivity contribution >= 4 is 70.9 Å². The lowest BCUT2D eigenvalue weighted by atomic mass is 9.83. The summed E-state index contributed by atoms with van der Waals surface area (Å²) in [5.74, 6) is 0. The first-order valence-corrected chi connectivity index (χ1v) is 18.0. The van der Waals surface area contributed by atoms with Crippen LogP contribution in [0.25, 0.3) is 76.1 Å². The van der Waals surface area contributed by atoms with Crippen LogP contribution in [0.5, 0.6) is 0 Å². The Morgan fingerprint density at radius 3 is 1.36 bits per heavy atom. The lowest BCUT2D eigenvalue weighted by molar-refractivity contribution is 1.31. The molecule has 10 rings (SSSR count). The summed E-state index contributed by atoms with van der Waals surface area (Å²) in [6.45, 7) is 0. The van der Waals surface area contributed by atoms with E-state index in [1.807, 2.05) is 12.1 Å². The normalized spacial score (nSPS) is 11.4. The smallest absolute Gasteiger partial charge is 0.0991 e. The van der Waals surface area contributed by atoms with Crippen LogP contribution >= 0.6 is 0 Å². The minimum Gasteiger partial charge on any atom is -0.309 e. The number of anilines is 3. The maximum Gasteiger partial charge on any atom is 0.0991 e. The van der Waals surface area contributed by atoms with Gasteiger partial charge >= 0.3 is 0 Å². The third kappa shape index (κ3) is 4.94. The third-order valence-corrected chi connectivity index (χ3v) is 10.7. The maximum absolute atomic E-state index is 9.64. The van der Waals surface area contributed by atoms with Crippen LogP contribution < -0.4 is 4.90 Å². The van der Waals surface area contributed by atoms with E-state index in [0.717, 1.165) is 27.8 Å². The van der Waals surface area contributed by atoms with E-state index in [2.05, 4.69) is 193 Å². The summed E-state index contributed by atoms with van der Waals surface area (Å²) in [7, 11) is 0. The number of fused-ring (bicyclic) bond motifs is 5. The van der Waals surface area contributed by atoms with Gasteiger partial charge < -0.3 is 4.90 Å². The van der Waals surface area contributed by atoms with E-state index in [1.165, 1.54) is 65.3 Å². The van der Waals surface area contributed by atoms with Gasteiger partial charge in [-0.1, -0.05) is 158 Å². The predicted octanol–water partition coefficient (Wildman–Crippen LogP) is 14.1. The SMILES string of the molecule is N#Cc1ccc(N(c2cccc3ccccc23)c2ccc(-c3c4ccccc4c(-c4cccc5ccccc45)c4ccccc34)c3ccccc23)cc1. The number of nitriles is 1. The van der Waals surface area contributed by atoms with Crippen molar-refractivity contribution in [3.63, 3.8) is 0 Å². The highest BCUT2D eigenvalue weighted by atomic mass is 15.1. The van der Waals surface area contributed by atoms with Gasteiger partial charge in [0.05, 0.1) is 23.0 Å². The Morgan fingerprint density at radius 2 is 0.755 bits per heavy atom. The molecule has 0 saturated carbocycles. The number of hydrogen-bond donors (Lipinski definition) is 0. The summed E-state index contributed by atoms with van der Waals surface area (Å²) in [5, 5.41) is 21.7. The molecule has 0 heterocycles. The van der Waals surface area contributed by atoms with Crippen molar-refractivity contribution in [2.24, 2.45) is 0 Å². The quantitative estimate of drug-likeness (QED) is 0.170. The standard InChI is InChI=1S/C51H32N2/c52-33-34-27-29-37(30-28-34)53(48-26-12-16-36-14-2-4-18-39(36)48)49-32-31-47(40-19-5-6-20-41(40)49)51-45-23-9-7-21-43(45)50(44-22-8-10-24-46(44)51)42-25-11-15-35-13-1-3-17-38(35)42/h1-32H. The van der Waals surface area contributed by atoms with Gasteiger partial charge in [-0.15, -0.1) is 0 Å². The van der Waals surface area contributed by atoms with Crippen LogP contribution in [0, 0.1) is 11.3 Å². The topological polar surface area (TPSA) is 27.0 Å². The van der Waals surface area contributed by atoms with E-state index in [1.54, 1.807) is 0 Å². The van der Waals surface area contributed by atoms with Gasteiger partial charge in [-0.3, -0.25) is 0 Å². The van der Waals surface area contributed by atoms with Crippen LogP contribution in [0.3, 0.4) is 0 Å². The van der Waals surface area contributed by atoms with E-state index in [-0.39, 0.29) is 0 Å². The zero-order valence-corrected chi connectivity index (χ0v) is 28.9. The number of rotatable bonds is 5. The van der Waals surface area contributed by atoms with Gasteiger partial charge in [0.25, 0.3) is 0 Å². The van der Waals surface area contributed by atoms with Gasteiger partial charge in [-0.05, 0) is 102 Å². The monoisotopic (exact) mass is 672 g/mol. The Kier molecular flexibility index (Phi) is 7.23. The van der Waals surface area contributed by atoms with E-state index in [0.29, 0.717) is 5.56 Å². The van der Waals surface area contributed by atoms with Gasteiger partial charge in [0.1, 0.15) is 0 Å². The molecule has 0 aliphatic heterocycles. The summed E-state index contributed by atoms with van der Waals surface area (Å²) in [6, 6.07) is 71.7. The minimum absolute atomic E-state index is 0.637. The van der Waals surface area contributed by atoms with Crippen molar-refractivity contribution < 1.29 is 0 Å². The molecule has 0 unspecified atom stereocenters. The largest absolute Gasteiger partial charge is 0.309 e. The average molecular weight is 673 g/mol. The molecule has 0 aromatic heterocycles. The second-order valence-corrected chi connectivity index (χ2v) is 13.5. The second-order valence-electron chi connectivity index (χ2n) is 13.5. The van der Waals surface area contributed by atoms with Crippen molar-refractivity contribution in [2.75, 3.05) is 4.90 Å². The summed E-state index contributed by atoms with van der Waals surface area (Å²) in [6.07, 6.45) is 0. The summed E-state index contributed by atoms with van der Waals surface area (Å²) in [5.41, 5.74) is 8.73. The molecule has 0 fully saturated rings. The molecule has 0 bridgehead atoms. The predicted molar refractivity (Wildman–Crippen MR) is 224 cm³/mol. The Labute approximate surface area is 308 Å². The zero-order valence-electron chi connectivity index (χ0n) is 28.9. The number of nitrogens with zero attached hydrogens (tertiary/aromatic N) is 2. The van der Waals surface area contributed by atoms with Crippen molar-refractivity contribution in [1.82, 2.24) is 0 Å². The van der Waals surface area contributed by atoms with E-state index < -0.39 is 0 Å². The molecule has 0 aliphatic rings. The molecule has 10 aromatic rings. The highest BCUT2D eigenvalue weighted by Crippen LogP contribution is 2.49. The van der Waals surface area contributed by atoms with Crippen LogP contribution in [0.15, 0.2) is 194 Å². The van der Waals surface area contributed by atoms with Crippen molar-refractivity contribution in [3.8, 4) is 28.3 Å². The molecule has 0 saturated heterocycles. The lowest BCUT2D eigenvalue weighted by Gasteiger charge is -2.29. The summed E-state index contributed by atoms with van der Waals surface area (Å²) in [4.78, 5) is 2.34. The maximum atomic E-state index is 9.64. The fraction of sp³-hybridized carbons (Fsp3) is 0. The molecule has 0 radical (unpaired) electrons. The van der Waals surface area contributed by atoms with Crippen LogP contribution in [-0.2, 0) is 0 Å². The lowest BCUT2D eigenvalue weighted by Crippen LogP contribution is -2.11.